The molecule has 0 aliphatic carbocycles. The third-order valence-electron chi connectivity index (χ3n) is 4.75. The maximum atomic E-state index is 12.6. The second kappa shape index (κ2) is 5.96. The van der Waals surface area contributed by atoms with Crippen LogP contribution in [0.1, 0.15) is 11.7 Å². The van der Waals surface area contributed by atoms with Crippen molar-refractivity contribution in [1.29, 1.82) is 0 Å². The van der Waals surface area contributed by atoms with E-state index in [2.05, 4.69) is 0 Å². The maximum Gasteiger partial charge on any atom is 0.350 e. The molecule has 2 saturated heterocycles. The Balaban J connectivity index is 2.20. The summed E-state index contributed by atoms with van der Waals surface area (Å²) in [6.07, 6.45) is -0.953. The Morgan fingerprint density at radius 2 is 1.60 bits per heavy atom. The first kappa shape index (κ1) is 17.1. The molecule has 8 nitrogen and oxygen atoms in total. The molecule has 0 aromatic heterocycles. The minimum absolute atomic E-state index is 0.515. The second-order valence-electron chi connectivity index (χ2n) is 5.91. The first-order valence-electron chi connectivity index (χ1n) is 7.61. The minimum Gasteiger partial charge on any atom is -0.466 e. The van der Waals surface area contributed by atoms with E-state index in [4.69, 9.17) is 14.2 Å². The van der Waals surface area contributed by atoms with E-state index in [0.717, 1.165) is 19.1 Å². The molecule has 1 aromatic rings. The number of carbonyl (C=O) groups is 4. The summed E-state index contributed by atoms with van der Waals surface area (Å²) in [4.78, 5) is 51.1. The quantitative estimate of drug-likeness (QED) is 0.433. The highest BCUT2D eigenvalue weighted by molar-refractivity contribution is 6.15. The van der Waals surface area contributed by atoms with Gasteiger partial charge >= 0.3 is 11.9 Å². The first-order valence-corrected chi connectivity index (χ1v) is 7.61. The number of amides is 2. The fraction of sp³-hybridized carbons (Fsp3) is 0.412. The molecule has 0 unspecified atom stereocenters. The van der Waals surface area contributed by atoms with E-state index in [1.54, 1.807) is 30.3 Å². The zero-order valence-corrected chi connectivity index (χ0v) is 13.9. The van der Waals surface area contributed by atoms with Crippen molar-refractivity contribution in [2.45, 2.75) is 11.7 Å². The van der Waals surface area contributed by atoms with Crippen LogP contribution in [0, 0.1) is 11.8 Å². The number of methoxy groups -OCH3 is 2. The molecular formula is C17H17NO7. The Morgan fingerprint density at radius 1 is 1.04 bits per heavy atom. The van der Waals surface area contributed by atoms with E-state index in [0.29, 0.717) is 5.56 Å². The molecule has 2 amide bonds. The van der Waals surface area contributed by atoms with Gasteiger partial charge in [-0.1, -0.05) is 30.3 Å². The number of rotatable bonds is 3. The van der Waals surface area contributed by atoms with Crippen molar-refractivity contribution in [3.63, 3.8) is 0 Å². The number of ether oxygens (including phenoxy) is 3. The minimum atomic E-state index is -2.31. The highest BCUT2D eigenvalue weighted by Crippen LogP contribution is 2.53. The van der Waals surface area contributed by atoms with Gasteiger partial charge in [0.25, 0.3) is 5.60 Å². The van der Waals surface area contributed by atoms with E-state index in [1.807, 2.05) is 0 Å². The van der Waals surface area contributed by atoms with Crippen LogP contribution in [0.25, 0.3) is 0 Å². The van der Waals surface area contributed by atoms with Gasteiger partial charge in [0.2, 0.25) is 11.8 Å². The van der Waals surface area contributed by atoms with E-state index < -0.39 is 47.3 Å². The van der Waals surface area contributed by atoms with Crippen LogP contribution in [0.5, 0.6) is 0 Å². The SMILES string of the molecule is COC(=O)C1(C(=O)OC)O[C@H](c2ccccc2)[C@@H]2C(=O)N(C)C(=O)[C@@H]21. The molecule has 2 fully saturated rings. The van der Waals surface area contributed by atoms with E-state index in [1.165, 1.54) is 7.05 Å². The Kier molecular flexibility index (Phi) is 4.08. The Labute approximate surface area is 143 Å². The van der Waals surface area contributed by atoms with Crippen LogP contribution in [0.2, 0.25) is 0 Å². The van der Waals surface area contributed by atoms with Crippen LogP contribution in [-0.4, -0.2) is 55.5 Å². The lowest BCUT2D eigenvalue weighted by Gasteiger charge is -2.28. The van der Waals surface area contributed by atoms with Crippen molar-refractivity contribution in [2.75, 3.05) is 21.3 Å². The monoisotopic (exact) mass is 347 g/mol. The lowest BCUT2D eigenvalue weighted by Crippen LogP contribution is -2.55. The molecule has 0 radical (unpaired) electrons. The van der Waals surface area contributed by atoms with Crippen molar-refractivity contribution in [3.05, 3.63) is 35.9 Å². The second-order valence-corrected chi connectivity index (χ2v) is 5.91. The standard InChI is InChI=1S/C17H17NO7/c1-18-13(19)10-11(14(18)20)17(15(21)23-2,16(22)24-3)25-12(10)9-7-5-4-6-8-9/h4-8,10-12H,1-3H3/t10-,11-,12-/m1/s1. The largest absolute Gasteiger partial charge is 0.466 e. The summed E-state index contributed by atoms with van der Waals surface area (Å²) in [5.74, 6) is -5.68. The van der Waals surface area contributed by atoms with Gasteiger partial charge in [-0.2, -0.15) is 0 Å². The number of hydrogen-bond acceptors (Lipinski definition) is 7. The van der Waals surface area contributed by atoms with Gasteiger partial charge in [-0.15, -0.1) is 0 Å². The van der Waals surface area contributed by atoms with Crippen molar-refractivity contribution in [2.24, 2.45) is 11.8 Å². The molecule has 2 heterocycles. The van der Waals surface area contributed by atoms with Crippen molar-refractivity contribution < 1.29 is 33.4 Å². The van der Waals surface area contributed by atoms with Gasteiger partial charge in [0.05, 0.1) is 26.2 Å². The zero-order valence-electron chi connectivity index (χ0n) is 13.9. The summed E-state index contributed by atoms with van der Waals surface area (Å²) in [6.45, 7) is 0. The molecule has 1 aromatic carbocycles. The van der Waals surface area contributed by atoms with Gasteiger partial charge in [0, 0.05) is 7.05 Å². The lowest BCUT2D eigenvalue weighted by atomic mass is 9.79. The number of fused-ring (bicyclic) bond motifs is 1. The molecule has 0 bridgehead atoms. The van der Waals surface area contributed by atoms with Gasteiger partial charge in [-0.25, -0.2) is 9.59 Å². The molecule has 2 aliphatic heterocycles. The van der Waals surface area contributed by atoms with E-state index in [-0.39, 0.29) is 0 Å². The fourth-order valence-corrected chi connectivity index (χ4v) is 3.57. The predicted octanol–water partition coefficient (Wildman–Crippen LogP) is 0.0737. The topological polar surface area (TPSA) is 99.2 Å². The molecular weight excluding hydrogens is 330 g/mol. The highest BCUT2D eigenvalue weighted by atomic mass is 16.6. The molecule has 3 rings (SSSR count). The average molecular weight is 347 g/mol. The Hall–Kier alpha value is -2.74. The van der Waals surface area contributed by atoms with Crippen LogP contribution >= 0.6 is 0 Å². The number of imide groups is 1. The smallest absolute Gasteiger partial charge is 0.350 e. The van der Waals surface area contributed by atoms with Gasteiger partial charge in [-0.3, -0.25) is 14.5 Å². The normalized spacial score (nSPS) is 27.2. The number of likely N-dealkylation sites (tertiary alicyclic amines) is 1. The molecule has 8 heteroatoms. The predicted molar refractivity (Wildman–Crippen MR) is 81.8 cm³/mol. The lowest BCUT2D eigenvalue weighted by molar-refractivity contribution is -0.192. The number of benzene rings is 1. The summed E-state index contributed by atoms with van der Waals surface area (Å²) < 4.78 is 15.2. The third-order valence-corrected chi connectivity index (χ3v) is 4.75. The molecule has 3 atom stereocenters. The number of esters is 2. The third kappa shape index (κ3) is 2.17. The maximum absolute atomic E-state index is 12.6. The van der Waals surface area contributed by atoms with Crippen molar-refractivity contribution in [3.8, 4) is 0 Å². The van der Waals surface area contributed by atoms with Crippen LogP contribution in [0.4, 0.5) is 0 Å². The molecule has 132 valence electrons. The van der Waals surface area contributed by atoms with Crippen LogP contribution in [-0.2, 0) is 33.4 Å². The number of nitrogens with zero attached hydrogens (tertiary/aromatic N) is 1. The van der Waals surface area contributed by atoms with Crippen molar-refractivity contribution in [1.82, 2.24) is 4.90 Å². The average Bonchev–Trinajstić information content (AvgIpc) is 3.12. The molecule has 0 saturated carbocycles. The van der Waals surface area contributed by atoms with Gasteiger partial charge in [-0.05, 0) is 5.56 Å². The Bertz CT molecular complexity index is 729. The summed E-state index contributed by atoms with van der Waals surface area (Å²) >= 11 is 0. The number of hydrogen-bond donors (Lipinski definition) is 0. The summed E-state index contributed by atoms with van der Waals surface area (Å²) in [7, 11) is 3.46. The zero-order chi connectivity index (χ0) is 18.4. The summed E-state index contributed by atoms with van der Waals surface area (Å²) in [6, 6.07) is 8.63. The number of carbonyl (C=O) groups excluding carboxylic acids is 4. The van der Waals surface area contributed by atoms with Crippen LogP contribution < -0.4 is 0 Å². The van der Waals surface area contributed by atoms with E-state index in [9.17, 15) is 19.2 Å². The fourth-order valence-electron chi connectivity index (χ4n) is 3.57. The Morgan fingerprint density at radius 3 is 2.12 bits per heavy atom. The molecule has 2 aliphatic rings. The van der Waals surface area contributed by atoms with Crippen LogP contribution in [0.3, 0.4) is 0 Å². The van der Waals surface area contributed by atoms with E-state index >= 15 is 0 Å². The van der Waals surface area contributed by atoms with Crippen molar-refractivity contribution >= 4 is 23.8 Å². The van der Waals surface area contributed by atoms with Gasteiger partial charge in [0.15, 0.2) is 0 Å². The molecule has 0 N–H and O–H groups in total. The molecule has 25 heavy (non-hydrogen) atoms. The summed E-state index contributed by atoms with van der Waals surface area (Å²) in [5.41, 5.74) is -1.74. The van der Waals surface area contributed by atoms with Gasteiger partial charge < -0.3 is 14.2 Å². The first-order chi connectivity index (χ1) is 11.9. The molecule has 0 spiro atoms. The highest BCUT2D eigenvalue weighted by Gasteiger charge is 2.74. The van der Waals surface area contributed by atoms with Gasteiger partial charge in [0.1, 0.15) is 5.92 Å². The van der Waals surface area contributed by atoms with Crippen LogP contribution in [0.15, 0.2) is 30.3 Å². The summed E-state index contributed by atoms with van der Waals surface area (Å²) in [5, 5.41) is 0.